The summed E-state index contributed by atoms with van der Waals surface area (Å²) in [6.45, 7) is 3.79. The quantitative estimate of drug-likeness (QED) is 0.0196. The topological polar surface area (TPSA) is 186 Å². The summed E-state index contributed by atoms with van der Waals surface area (Å²) >= 11 is 0. The van der Waals surface area contributed by atoms with Crippen molar-refractivity contribution in [1.82, 2.24) is 0 Å². The van der Waals surface area contributed by atoms with Crippen LogP contribution in [-0.2, 0) is 38.7 Å². The zero-order chi connectivity index (χ0) is 47.6. The first-order valence-electron chi connectivity index (χ1n) is 26.4. The Morgan fingerprint density at radius 2 is 0.877 bits per heavy atom. The molecule has 0 bridgehead atoms. The third-order valence-electron chi connectivity index (χ3n) is 12.3. The van der Waals surface area contributed by atoms with Gasteiger partial charge in [-0.1, -0.05) is 186 Å². The minimum atomic E-state index is -4.60. The molecule has 382 valence electrons. The van der Waals surface area contributed by atoms with Crippen LogP contribution < -0.4 is 0 Å². The van der Waals surface area contributed by atoms with E-state index in [-0.39, 0.29) is 19.4 Å². The molecular formula is C52H96O12S. The highest BCUT2D eigenvalue weighted by Crippen LogP contribution is 2.24. The van der Waals surface area contributed by atoms with Crippen molar-refractivity contribution in [2.75, 3.05) is 19.0 Å². The van der Waals surface area contributed by atoms with Crippen molar-refractivity contribution in [1.29, 1.82) is 0 Å². The molecule has 0 spiro atoms. The van der Waals surface area contributed by atoms with Gasteiger partial charge in [0.15, 0.2) is 12.4 Å². The molecule has 0 radical (unpaired) electrons. The number of allylic oxidation sites excluding steroid dienone is 4. The van der Waals surface area contributed by atoms with Gasteiger partial charge in [-0.2, -0.15) is 8.42 Å². The molecule has 0 aromatic carbocycles. The Labute approximate surface area is 396 Å². The fourth-order valence-electron chi connectivity index (χ4n) is 8.14. The van der Waals surface area contributed by atoms with Crippen LogP contribution >= 0.6 is 0 Å². The van der Waals surface area contributed by atoms with Gasteiger partial charge in [-0.05, 0) is 64.2 Å². The van der Waals surface area contributed by atoms with Crippen LogP contribution in [0.15, 0.2) is 24.3 Å². The van der Waals surface area contributed by atoms with E-state index in [9.17, 15) is 37.9 Å². The monoisotopic (exact) mass is 945 g/mol. The number of aliphatic hydroxyl groups excluding tert-OH is 3. The van der Waals surface area contributed by atoms with Gasteiger partial charge in [-0.15, -0.1) is 0 Å². The van der Waals surface area contributed by atoms with Gasteiger partial charge in [-0.3, -0.25) is 14.1 Å². The van der Waals surface area contributed by atoms with E-state index in [1.165, 1.54) is 154 Å². The standard InChI is InChI=1S/C52H96O12S/c1-3-5-7-9-11-13-15-17-19-21-23-25-27-29-31-33-35-37-39-41-48(54)63-45(43-62-52-51(57)50(56)49(55)46(64-52)44-65(58,59)60)42-61-47(53)40-38-36-34-32-30-28-26-24-22-20-18-16-14-12-10-8-6-4-2/h17,19-20,22,45-46,49-52,55-57H,3-16,18,21,23-44H2,1-2H3,(H,58,59,60)/b19-17-,22-20-. The maximum atomic E-state index is 12.9. The maximum absolute atomic E-state index is 12.9. The minimum Gasteiger partial charge on any atom is -0.462 e. The average molecular weight is 945 g/mol. The Bertz CT molecular complexity index is 1290. The second-order valence-corrected chi connectivity index (χ2v) is 20.0. The highest BCUT2D eigenvalue weighted by molar-refractivity contribution is 7.85. The van der Waals surface area contributed by atoms with Gasteiger partial charge < -0.3 is 34.3 Å². The Morgan fingerprint density at radius 3 is 1.28 bits per heavy atom. The summed E-state index contributed by atoms with van der Waals surface area (Å²) in [6.07, 6.45) is 39.3. The van der Waals surface area contributed by atoms with E-state index in [1.54, 1.807) is 0 Å². The number of aliphatic hydroxyl groups is 3. The van der Waals surface area contributed by atoms with Crippen LogP contribution in [-0.4, -0.2) is 96.0 Å². The summed E-state index contributed by atoms with van der Waals surface area (Å²) in [7, 11) is -4.60. The summed E-state index contributed by atoms with van der Waals surface area (Å²) in [6, 6.07) is 0. The zero-order valence-corrected chi connectivity index (χ0v) is 41.9. The van der Waals surface area contributed by atoms with Crippen LogP contribution in [0.3, 0.4) is 0 Å². The molecule has 1 heterocycles. The van der Waals surface area contributed by atoms with Gasteiger partial charge >= 0.3 is 11.9 Å². The first kappa shape index (κ1) is 61.1. The van der Waals surface area contributed by atoms with E-state index < -0.39 is 71.2 Å². The molecule has 6 atom stereocenters. The zero-order valence-electron chi connectivity index (χ0n) is 41.1. The van der Waals surface area contributed by atoms with Gasteiger partial charge in [0.25, 0.3) is 10.1 Å². The molecule has 1 saturated heterocycles. The number of carbonyl (C=O) groups excluding carboxylic acids is 2. The van der Waals surface area contributed by atoms with Crippen LogP contribution in [0, 0.1) is 0 Å². The predicted octanol–water partition coefficient (Wildman–Crippen LogP) is 12.0. The van der Waals surface area contributed by atoms with Crippen molar-refractivity contribution in [3.8, 4) is 0 Å². The van der Waals surface area contributed by atoms with Crippen molar-refractivity contribution in [3.63, 3.8) is 0 Å². The second kappa shape index (κ2) is 42.2. The number of carbonyl (C=O) groups is 2. The molecule has 1 fully saturated rings. The minimum absolute atomic E-state index is 0.163. The number of unbranched alkanes of at least 4 members (excludes halogenated alkanes) is 29. The van der Waals surface area contributed by atoms with Gasteiger partial charge in [0.05, 0.1) is 6.61 Å². The van der Waals surface area contributed by atoms with E-state index in [1.807, 2.05) is 0 Å². The van der Waals surface area contributed by atoms with Crippen LogP contribution in [0.4, 0.5) is 0 Å². The molecule has 1 aliphatic rings. The summed E-state index contributed by atoms with van der Waals surface area (Å²) < 4.78 is 54.3. The number of ether oxygens (including phenoxy) is 4. The van der Waals surface area contributed by atoms with Gasteiger partial charge in [0.2, 0.25) is 0 Å². The van der Waals surface area contributed by atoms with Crippen molar-refractivity contribution < 1.29 is 56.8 Å². The summed E-state index contributed by atoms with van der Waals surface area (Å²) in [5, 5.41) is 31.0. The fourth-order valence-corrected chi connectivity index (χ4v) is 8.83. The summed E-state index contributed by atoms with van der Waals surface area (Å²) in [4.78, 5) is 25.5. The molecule has 1 aliphatic heterocycles. The van der Waals surface area contributed by atoms with Crippen molar-refractivity contribution in [2.45, 2.75) is 275 Å². The smallest absolute Gasteiger partial charge is 0.306 e. The van der Waals surface area contributed by atoms with Gasteiger partial charge in [-0.25, -0.2) is 0 Å². The molecule has 6 unspecified atom stereocenters. The Hall–Kier alpha value is -1.87. The van der Waals surface area contributed by atoms with Crippen LogP contribution in [0.1, 0.15) is 239 Å². The van der Waals surface area contributed by atoms with Crippen molar-refractivity contribution >= 4 is 22.1 Å². The predicted molar refractivity (Wildman–Crippen MR) is 261 cm³/mol. The van der Waals surface area contributed by atoms with E-state index in [0.29, 0.717) is 12.8 Å². The first-order valence-corrected chi connectivity index (χ1v) is 28.0. The lowest BCUT2D eigenvalue weighted by atomic mass is 10.00. The maximum Gasteiger partial charge on any atom is 0.306 e. The van der Waals surface area contributed by atoms with Crippen LogP contribution in [0.2, 0.25) is 0 Å². The molecule has 0 amide bonds. The molecule has 0 saturated carbocycles. The lowest BCUT2D eigenvalue weighted by Gasteiger charge is -2.40. The molecule has 0 aromatic rings. The SMILES string of the molecule is CCCCCCCC/C=C\CCCCCCCCCCCC(=O)OC(COC(=O)CCCCCCCCC/C=C\CCCCCCCCC)COC1OC(CS(=O)(=O)O)C(O)C(O)C1O. The number of esters is 2. The average Bonchev–Trinajstić information content (AvgIpc) is 3.27. The second-order valence-electron chi connectivity index (χ2n) is 18.5. The molecule has 1 rings (SSSR count). The molecule has 0 aliphatic carbocycles. The molecule has 13 heteroatoms. The molecular weight excluding hydrogens is 849 g/mol. The lowest BCUT2D eigenvalue weighted by Crippen LogP contribution is -2.60. The molecule has 0 aromatic heterocycles. The highest BCUT2D eigenvalue weighted by atomic mass is 32.2. The number of hydrogen-bond donors (Lipinski definition) is 4. The van der Waals surface area contributed by atoms with Crippen LogP contribution in [0.5, 0.6) is 0 Å². The number of hydrogen-bond acceptors (Lipinski definition) is 11. The third-order valence-corrected chi connectivity index (χ3v) is 13.0. The van der Waals surface area contributed by atoms with E-state index in [0.717, 1.165) is 44.9 Å². The van der Waals surface area contributed by atoms with E-state index >= 15 is 0 Å². The third kappa shape index (κ3) is 36.8. The summed E-state index contributed by atoms with van der Waals surface area (Å²) in [5.74, 6) is -1.98. The van der Waals surface area contributed by atoms with Crippen molar-refractivity contribution in [2.24, 2.45) is 0 Å². The van der Waals surface area contributed by atoms with Crippen LogP contribution in [0.25, 0.3) is 0 Å². The molecule has 4 N–H and O–H groups in total. The summed E-state index contributed by atoms with van der Waals surface area (Å²) in [5.41, 5.74) is 0. The van der Waals surface area contributed by atoms with Gasteiger partial charge in [0.1, 0.15) is 36.8 Å². The number of rotatable bonds is 45. The fraction of sp³-hybridized carbons (Fsp3) is 0.885. The van der Waals surface area contributed by atoms with E-state index in [2.05, 4.69) is 38.2 Å². The Morgan fingerprint density at radius 1 is 0.508 bits per heavy atom. The van der Waals surface area contributed by atoms with Gasteiger partial charge in [0, 0.05) is 12.8 Å². The largest absolute Gasteiger partial charge is 0.462 e. The molecule has 65 heavy (non-hydrogen) atoms. The molecule has 12 nitrogen and oxygen atoms in total. The highest BCUT2D eigenvalue weighted by Gasteiger charge is 2.46. The normalized spacial score (nSPS) is 19.6. The van der Waals surface area contributed by atoms with E-state index in [4.69, 9.17) is 18.9 Å². The first-order chi connectivity index (χ1) is 31.5. The Balaban J connectivity index is 2.36. The Kier molecular flexibility index (Phi) is 39.7. The van der Waals surface area contributed by atoms with Crippen molar-refractivity contribution in [3.05, 3.63) is 24.3 Å². The lowest BCUT2D eigenvalue weighted by molar-refractivity contribution is -0.297.